The lowest BCUT2D eigenvalue weighted by Gasteiger charge is -2.14. The molecule has 1 aromatic carbocycles. The minimum atomic E-state index is -0.610. The third-order valence-corrected chi connectivity index (χ3v) is 6.30. The van der Waals surface area contributed by atoms with E-state index in [-0.39, 0.29) is 34.4 Å². The highest BCUT2D eigenvalue weighted by Gasteiger charge is 2.24. The third kappa shape index (κ3) is 5.99. The summed E-state index contributed by atoms with van der Waals surface area (Å²) >= 11 is 7.21. The molecule has 7 nitrogen and oxygen atoms in total. The van der Waals surface area contributed by atoms with Gasteiger partial charge in [-0.2, -0.15) is 4.37 Å². The number of aromatic nitrogens is 1. The molecule has 0 atom stereocenters. The first-order valence-corrected chi connectivity index (χ1v) is 11.4. The molecule has 10 heteroatoms. The van der Waals surface area contributed by atoms with Crippen LogP contribution in [0.25, 0.3) is 0 Å². The van der Waals surface area contributed by atoms with Gasteiger partial charge in [0.2, 0.25) is 5.88 Å². The van der Waals surface area contributed by atoms with Gasteiger partial charge in [0.05, 0.1) is 19.2 Å². The predicted molar refractivity (Wildman–Crippen MR) is 119 cm³/mol. The summed E-state index contributed by atoms with van der Waals surface area (Å²) in [5, 5.41) is 4.02. The van der Waals surface area contributed by atoms with Gasteiger partial charge in [0.15, 0.2) is 17.1 Å². The lowest BCUT2D eigenvalue weighted by molar-refractivity contribution is 0.0596. The van der Waals surface area contributed by atoms with E-state index in [2.05, 4.69) is 14.6 Å². The van der Waals surface area contributed by atoms with Crippen molar-refractivity contribution in [2.24, 2.45) is 0 Å². The van der Waals surface area contributed by atoms with Crippen LogP contribution in [0.2, 0.25) is 5.02 Å². The Morgan fingerprint density at radius 1 is 1.29 bits per heavy atom. The van der Waals surface area contributed by atoms with Crippen LogP contribution in [0.4, 0.5) is 9.39 Å². The van der Waals surface area contributed by atoms with E-state index < -0.39 is 11.8 Å². The number of hydrogen-bond acceptors (Lipinski definition) is 8. The standard InChI is InChI=1S/C21H27ClFN3O4S/c1-28-16-8-7-15(22)14(18(16)23)13-30-19-17(21(27)29-2)20(31-25-19)24-9-3-4-10-26-11-5-6-12-26/h7-8,24H,3-6,9-13H2,1-2H3. The van der Waals surface area contributed by atoms with Crippen LogP contribution in [0.5, 0.6) is 11.6 Å². The molecule has 3 rings (SSSR count). The van der Waals surface area contributed by atoms with Crippen molar-refractivity contribution in [2.75, 3.05) is 45.7 Å². The summed E-state index contributed by atoms with van der Waals surface area (Å²) in [6.45, 7) is 3.97. The second-order valence-corrected chi connectivity index (χ2v) is 8.38. The second kappa shape index (κ2) is 11.5. The van der Waals surface area contributed by atoms with Crippen LogP contribution in [0.1, 0.15) is 41.6 Å². The van der Waals surface area contributed by atoms with Crippen LogP contribution in [-0.2, 0) is 11.3 Å². The zero-order chi connectivity index (χ0) is 22.2. The van der Waals surface area contributed by atoms with E-state index in [4.69, 9.17) is 25.8 Å². The Labute approximate surface area is 190 Å². The van der Waals surface area contributed by atoms with Gasteiger partial charge in [-0.05, 0) is 69.0 Å². The van der Waals surface area contributed by atoms with Gasteiger partial charge in [0.1, 0.15) is 11.6 Å². The Balaban J connectivity index is 1.62. The number of benzene rings is 1. The first-order valence-electron chi connectivity index (χ1n) is 10.2. The summed E-state index contributed by atoms with van der Waals surface area (Å²) in [4.78, 5) is 14.8. The number of methoxy groups -OCH3 is 2. The highest BCUT2D eigenvalue weighted by molar-refractivity contribution is 7.10. The van der Waals surface area contributed by atoms with Crippen LogP contribution < -0.4 is 14.8 Å². The van der Waals surface area contributed by atoms with E-state index in [1.165, 1.54) is 52.3 Å². The van der Waals surface area contributed by atoms with Gasteiger partial charge in [-0.25, -0.2) is 9.18 Å². The number of ether oxygens (including phenoxy) is 3. The summed E-state index contributed by atoms with van der Waals surface area (Å²) in [6, 6.07) is 2.97. The Kier molecular flexibility index (Phi) is 8.74. The molecule has 1 aromatic heterocycles. The third-order valence-electron chi connectivity index (χ3n) is 5.16. The van der Waals surface area contributed by atoms with E-state index in [0.29, 0.717) is 11.5 Å². The number of likely N-dealkylation sites (tertiary alicyclic amines) is 1. The molecule has 1 N–H and O–H groups in total. The van der Waals surface area contributed by atoms with Crippen LogP contribution in [-0.4, -0.2) is 55.6 Å². The van der Waals surface area contributed by atoms with Gasteiger partial charge in [0, 0.05) is 12.1 Å². The number of carbonyl (C=O) groups is 1. The molecule has 0 bridgehead atoms. The van der Waals surface area contributed by atoms with E-state index in [0.717, 1.165) is 30.9 Å². The molecule has 0 radical (unpaired) electrons. The van der Waals surface area contributed by atoms with Gasteiger partial charge >= 0.3 is 5.97 Å². The van der Waals surface area contributed by atoms with Gasteiger partial charge in [-0.15, -0.1) is 0 Å². The zero-order valence-electron chi connectivity index (χ0n) is 17.7. The van der Waals surface area contributed by atoms with Gasteiger partial charge in [-0.3, -0.25) is 0 Å². The number of hydrogen-bond donors (Lipinski definition) is 1. The molecule has 2 heterocycles. The molecule has 0 saturated carbocycles. The molecule has 0 spiro atoms. The molecular formula is C21H27ClFN3O4S. The van der Waals surface area contributed by atoms with Crippen molar-refractivity contribution in [3.63, 3.8) is 0 Å². The number of anilines is 1. The summed E-state index contributed by atoms with van der Waals surface area (Å²) in [7, 11) is 2.66. The Morgan fingerprint density at radius 3 is 2.77 bits per heavy atom. The van der Waals surface area contributed by atoms with Crippen molar-refractivity contribution in [2.45, 2.75) is 32.3 Å². The largest absolute Gasteiger partial charge is 0.494 e. The number of nitrogens with one attached hydrogen (secondary N) is 1. The first-order chi connectivity index (χ1) is 15.0. The minimum absolute atomic E-state index is 0.0609. The van der Waals surface area contributed by atoms with Crippen molar-refractivity contribution in [1.82, 2.24) is 9.27 Å². The summed E-state index contributed by atoms with van der Waals surface area (Å²) in [5.74, 6) is -1.04. The van der Waals surface area contributed by atoms with Crippen molar-refractivity contribution in [1.29, 1.82) is 0 Å². The predicted octanol–water partition coefficient (Wildman–Crippen LogP) is 4.60. The molecule has 0 amide bonds. The molecule has 1 aliphatic heterocycles. The molecular weight excluding hydrogens is 445 g/mol. The molecule has 170 valence electrons. The maximum Gasteiger partial charge on any atom is 0.346 e. The molecule has 31 heavy (non-hydrogen) atoms. The number of rotatable bonds is 11. The SMILES string of the molecule is COC(=O)c1c(OCc2c(Cl)ccc(OC)c2F)nsc1NCCCCN1CCCC1. The van der Waals surface area contributed by atoms with Crippen LogP contribution in [0.3, 0.4) is 0 Å². The lowest BCUT2D eigenvalue weighted by atomic mass is 10.2. The molecule has 2 aromatic rings. The van der Waals surface area contributed by atoms with Crippen molar-refractivity contribution >= 4 is 34.1 Å². The fourth-order valence-electron chi connectivity index (χ4n) is 3.45. The summed E-state index contributed by atoms with van der Waals surface area (Å²) in [6.07, 6.45) is 4.62. The molecule has 0 aliphatic carbocycles. The number of nitrogens with zero attached hydrogens (tertiary/aromatic N) is 2. The summed E-state index contributed by atoms with van der Waals surface area (Å²) < 4.78 is 34.2. The monoisotopic (exact) mass is 471 g/mol. The fourth-order valence-corrected chi connectivity index (χ4v) is 4.40. The van der Waals surface area contributed by atoms with Crippen molar-refractivity contribution in [3.05, 3.63) is 34.1 Å². The lowest BCUT2D eigenvalue weighted by Crippen LogP contribution is -2.20. The van der Waals surface area contributed by atoms with E-state index in [1.54, 1.807) is 0 Å². The molecule has 0 unspecified atom stereocenters. The second-order valence-electron chi connectivity index (χ2n) is 7.20. The summed E-state index contributed by atoms with van der Waals surface area (Å²) in [5.41, 5.74) is 0.327. The number of halogens is 2. The highest BCUT2D eigenvalue weighted by Crippen LogP contribution is 2.33. The average Bonchev–Trinajstić information content (AvgIpc) is 3.43. The number of carbonyl (C=O) groups excluding carboxylic acids is 1. The van der Waals surface area contributed by atoms with Gasteiger partial charge < -0.3 is 24.4 Å². The quantitative estimate of drug-likeness (QED) is 0.379. The first kappa shape index (κ1) is 23.6. The Hall–Kier alpha value is -2.10. The van der Waals surface area contributed by atoms with Crippen LogP contribution in [0, 0.1) is 5.82 Å². The zero-order valence-corrected chi connectivity index (χ0v) is 19.3. The van der Waals surface area contributed by atoms with Crippen LogP contribution >= 0.6 is 23.1 Å². The minimum Gasteiger partial charge on any atom is -0.494 e. The van der Waals surface area contributed by atoms with Gasteiger partial charge in [0.25, 0.3) is 0 Å². The van der Waals surface area contributed by atoms with Crippen molar-refractivity contribution in [3.8, 4) is 11.6 Å². The highest BCUT2D eigenvalue weighted by atomic mass is 35.5. The van der Waals surface area contributed by atoms with Gasteiger partial charge in [-0.1, -0.05) is 11.6 Å². The molecule has 1 fully saturated rings. The maximum atomic E-state index is 14.5. The van der Waals surface area contributed by atoms with Crippen LogP contribution in [0.15, 0.2) is 12.1 Å². The normalized spacial score (nSPS) is 13.9. The smallest absolute Gasteiger partial charge is 0.346 e. The van der Waals surface area contributed by atoms with E-state index in [9.17, 15) is 9.18 Å². The number of unbranched alkanes of at least 4 members (excludes halogenated alkanes) is 1. The average molecular weight is 472 g/mol. The van der Waals surface area contributed by atoms with E-state index >= 15 is 0 Å². The number of esters is 1. The van der Waals surface area contributed by atoms with Crippen molar-refractivity contribution < 1.29 is 23.4 Å². The Bertz CT molecular complexity index is 890. The van der Waals surface area contributed by atoms with E-state index in [1.807, 2.05) is 0 Å². The fraction of sp³-hybridized carbons (Fsp3) is 0.524. The maximum absolute atomic E-state index is 14.5. The topological polar surface area (TPSA) is 72.9 Å². The molecule has 1 aliphatic rings. The molecule has 1 saturated heterocycles. The Morgan fingerprint density at radius 2 is 2.06 bits per heavy atom.